The number of anilines is 1. The molecule has 0 N–H and O–H groups in total. The van der Waals surface area contributed by atoms with E-state index in [9.17, 15) is 10.1 Å². The zero-order valence-electron chi connectivity index (χ0n) is 16.0. The molecule has 1 aliphatic rings. The van der Waals surface area contributed by atoms with Crippen molar-refractivity contribution in [3.05, 3.63) is 58.1 Å². The third-order valence-corrected chi connectivity index (χ3v) is 5.23. The Kier molecular flexibility index (Phi) is 4.81. The van der Waals surface area contributed by atoms with Gasteiger partial charge in [-0.3, -0.25) is 10.1 Å². The van der Waals surface area contributed by atoms with Crippen molar-refractivity contribution in [2.75, 3.05) is 11.4 Å². The number of nitro groups is 1. The summed E-state index contributed by atoms with van der Waals surface area (Å²) >= 11 is 0. The standard InChI is InChI=1S/C21H22N4O3/c1-14-6-5-8-16(12-14)20-22-21(28-23-20)17-9-10-18(19(13-17)25(26)27)24-11-4-3-7-15(24)2/h5-6,8-10,12-13,15H,3-4,7,11H2,1-2H3. The topological polar surface area (TPSA) is 85.3 Å². The molecule has 7 heteroatoms. The molecule has 144 valence electrons. The van der Waals surface area contributed by atoms with Gasteiger partial charge in [0.2, 0.25) is 5.82 Å². The first-order valence-electron chi connectivity index (χ1n) is 9.49. The lowest BCUT2D eigenvalue weighted by Gasteiger charge is -2.35. The van der Waals surface area contributed by atoms with Gasteiger partial charge in [0.1, 0.15) is 5.69 Å². The maximum absolute atomic E-state index is 11.7. The summed E-state index contributed by atoms with van der Waals surface area (Å²) in [6.07, 6.45) is 3.25. The zero-order valence-corrected chi connectivity index (χ0v) is 16.0. The Labute approximate surface area is 163 Å². The van der Waals surface area contributed by atoms with Crippen LogP contribution in [0.5, 0.6) is 0 Å². The van der Waals surface area contributed by atoms with E-state index in [4.69, 9.17) is 4.52 Å². The summed E-state index contributed by atoms with van der Waals surface area (Å²) in [6.45, 7) is 4.94. The molecule has 0 radical (unpaired) electrons. The smallest absolute Gasteiger partial charge is 0.293 e. The van der Waals surface area contributed by atoms with Crippen LogP contribution in [-0.4, -0.2) is 27.7 Å². The van der Waals surface area contributed by atoms with Crippen LogP contribution in [0.2, 0.25) is 0 Å². The van der Waals surface area contributed by atoms with Gasteiger partial charge in [0.15, 0.2) is 0 Å². The fourth-order valence-corrected chi connectivity index (χ4v) is 3.74. The highest BCUT2D eigenvalue weighted by molar-refractivity contribution is 5.72. The van der Waals surface area contributed by atoms with Crippen LogP contribution in [0.3, 0.4) is 0 Å². The molecule has 1 unspecified atom stereocenters. The third kappa shape index (κ3) is 3.47. The van der Waals surface area contributed by atoms with E-state index in [1.807, 2.05) is 37.3 Å². The largest absolute Gasteiger partial charge is 0.363 e. The van der Waals surface area contributed by atoms with Gasteiger partial charge in [0, 0.05) is 29.8 Å². The van der Waals surface area contributed by atoms with E-state index in [1.54, 1.807) is 6.07 Å². The lowest BCUT2D eigenvalue weighted by molar-refractivity contribution is -0.384. The van der Waals surface area contributed by atoms with Crippen molar-refractivity contribution in [3.8, 4) is 22.8 Å². The van der Waals surface area contributed by atoms with Crippen LogP contribution in [0, 0.1) is 17.0 Å². The predicted octanol–water partition coefficient (Wildman–Crippen LogP) is 5.00. The number of nitro benzene ring substituents is 1. The molecule has 0 aliphatic carbocycles. The van der Waals surface area contributed by atoms with E-state index in [0.29, 0.717) is 17.1 Å². The van der Waals surface area contributed by atoms with E-state index in [2.05, 4.69) is 22.0 Å². The maximum atomic E-state index is 11.7. The monoisotopic (exact) mass is 378 g/mol. The first kappa shape index (κ1) is 18.2. The van der Waals surface area contributed by atoms with Crippen LogP contribution < -0.4 is 4.90 Å². The number of nitrogens with zero attached hydrogens (tertiary/aromatic N) is 4. The molecule has 1 aliphatic heterocycles. The van der Waals surface area contributed by atoms with Gasteiger partial charge in [-0.1, -0.05) is 28.9 Å². The summed E-state index contributed by atoms with van der Waals surface area (Å²) in [6, 6.07) is 13.2. The van der Waals surface area contributed by atoms with Gasteiger partial charge in [-0.25, -0.2) is 0 Å². The normalized spacial score (nSPS) is 16.9. The minimum atomic E-state index is -0.335. The molecule has 2 aromatic carbocycles. The average Bonchev–Trinajstić information content (AvgIpc) is 3.18. The Morgan fingerprint density at radius 1 is 1.18 bits per heavy atom. The minimum Gasteiger partial charge on any atom is -0.363 e. The van der Waals surface area contributed by atoms with Gasteiger partial charge in [0.25, 0.3) is 11.6 Å². The van der Waals surface area contributed by atoms with Crippen molar-refractivity contribution < 1.29 is 9.45 Å². The maximum Gasteiger partial charge on any atom is 0.293 e. The summed E-state index contributed by atoms with van der Waals surface area (Å²) in [5.41, 5.74) is 3.22. The quantitative estimate of drug-likeness (QED) is 0.469. The summed E-state index contributed by atoms with van der Waals surface area (Å²) in [7, 11) is 0. The Morgan fingerprint density at radius 2 is 2.04 bits per heavy atom. The molecule has 0 spiro atoms. The number of piperidine rings is 1. The second-order valence-corrected chi connectivity index (χ2v) is 7.29. The molecule has 1 fully saturated rings. The van der Waals surface area contributed by atoms with Crippen LogP contribution in [-0.2, 0) is 0 Å². The molecule has 1 aromatic heterocycles. The van der Waals surface area contributed by atoms with E-state index >= 15 is 0 Å². The SMILES string of the molecule is Cc1cccc(-c2noc(-c3ccc(N4CCCCC4C)c([N+](=O)[O-])c3)n2)c1. The number of aromatic nitrogens is 2. The number of hydrogen-bond donors (Lipinski definition) is 0. The molecule has 0 bridgehead atoms. The first-order chi connectivity index (χ1) is 13.5. The van der Waals surface area contributed by atoms with Gasteiger partial charge in [-0.2, -0.15) is 4.98 Å². The van der Waals surface area contributed by atoms with Gasteiger partial charge < -0.3 is 9.42 Å². The average molecular weight is 378 g/mol. The summed E-state index contributed by atoms with van der Waals surface area (Å²) in [4.78, 5) is 18.0. The minimum absolute atomic E-state index is 0.0709. The Bertz CT molecular complexity index is 1010. The van der Waals surface area contributed by atoms with E-state index in [-0.39, 0.29) is 22.5 Å². The van der Waals surface area contributed by atoms with Gasteiger partial charge in [0.05, 0.1) is 4.92 Å². The Morgan fingerprint density at radius 3 is 2.79 bits per heavy atom. The molecule has 0 amide bonds. The van der Waals surface area contributed by atoms with E-state index in [0.717, 1.165) is 36.9 Å². The lowest BCUT2D eigenvalue weighted by atomic mass is 10.0. The molecule has 0 saturated carbocycles. The molecule has 2 heterocycles. The number of benzene rings is 2. The molecule has 1 atom stereocenters. The van der Waals surface area contributed by atoms with Crippen molar-refractivity contribution in [2.45, 2.75) is 39.2 Å². The van der Waals surface area contributed by atoms with Gasteiger partial charge in [-0.15, -0.1) is 0 Å². The van der Waals surface area contributed by atoms with Crippen LogP contribution >= 0.6 is 0 Å². The van der Waals surface area contributed by atoms with Crippen LogP contribution in [0.25, 0.3) is 22.8 Å². The van der Waals surface area contributed by atoms with Crippen molar-refractivity contribution in [3.63, 3.8) is 0 Å². The molecule has 7 nitrogen and oxygen atoms in total. The fraction of sp³-hybridized carbons (Fsp3) is 0.333. The van der Waals surface area contributed by atoms with Gasteiger partial charge in [-0.05, 0) is 51.3 Å². The number of rotatable bonds is 4. The molecular formula is C21H22N4O3. The highest BCUT2D eigenvalue weighted by atomic mass is 16.6. The Balaban J connectivity index is 1.69. The number of hydrogen-bond acceptors (Lipinski definition) is 6. The molecule has 1 saturated heterocycles. The lowest BCUT2D eigenvalue weighted by Crippen LogP contribution is -2.37. The van der Waals surface area contributed by atoms with E-state index < -0.39 is 0 Å². The van der Waals surface area contributed by atoms with Crippen molar-refractivity contribution in [1.29, 1.82) is 0 Å². The van der Waals surface area contributed by atoms with E-state index in [1.165, 1.54) is 6.07 Å². The van der Waals surface area contributed by atoms with Crippen molar-refractivity contribution >= 4 is 11.4 Å². The highest BCUT2D eigenvalue weighted by Gasteiger charge is 2.26. The molecule has 4 rings (SSSR count). The predicted molar refractivity (Wildman–Crippen MR) is 107 cm³/mol. The fourth-order valence-electron chi connectivity index (χ4n) is 3.74. The van der Waals surface area contributed by atoms with Gasteiger partial charge >= 0.3 is 0 Å². The number of aryl methyl sites for hydroxylation is 1. The van der Waals surface area contributed by atoms with Crippen LogP contribution in [0.15, 0.2) is 47.0 Å². The second-order valence-electron chi connectivity index (χ2n) is 7.29. The highest BCUT2D eigenvalue weighted by Crippen LogP contribution is 2.36. The van der Waals surface area contributed by atoms with Crippen molar-refractivity contribution in [1.82, 2.24) is 10.1 Å². The summed E-state index contributed by atoms with van der Waals surface area (Å²) in [5.74, 6) is 0.743. The molecule has 28 heavy (non-hydrogen) atoms. The van der Waals surface area contributed by atoms with Crippen molar-refractivity contribution in [2.24, 2.45) is 0 Å². The summed E-state index contributed by atoms with van der Waals surface area (Å²) < 4.78 is 5.39. The molecule has 3 aromatic rings. The Hall–Kier alpha value is -3.22. The molecular weight excluding hydrogens is 356 g/mol. The summed E-state index contributed by atoms with van der Waals surface area (Å²) in [5, 5.41) is 15.8. The second kappa shape index (κ2) is 7.42. The first-order valence-corrected chi connectivity index (χ1v) is 9.49. The van der Waals surface area contributed by atoms with Crippen LogP contribution in [0.1, 0.15) is 31.7 Å². The third-order valence-electron chi connectivity index (χ3n) is 5.23. The zero-order chi connectivity index (χ0) is 19.7. The van der Waals surface area contributed by atoms with Crippen LogP contribution in [0.4, 0.5) is 11.4 Å².